The van der Waals surface area contributed by atoms with Gasteiger partial charge in [-0.15, -0.1) is 24.0 Å². The normalized spacial score (nSPS) is 31.9. The van der Waals surface area contributed by atoms with Gasteiger partial charge in [0.25, 0.3) is 0 Å². The average Bonchev–Trinajstić information content (AvgIpc) is 2.83. The maximum atomic E-state index is 6.05. The van der Waals surface area contributed by atoms with Crippen molar-refractivity contribution in [2.45, 2.75) is 40.0 Å². The van der Waals surface area contributed by atoms with Crippen LogP contribution in [0.3, 0.4) is 0 Å². The summed E-state index contributed by atoms with van der Waals surface area (Å²) >= 11 is 0. The van der Waals surface area contributed by atoms with E-state index in [0.29, 0.717) is 5.41 Å². The molecule has 1 saturated carbocycles. The second-order valence-corrected chi connectivity index (χ2v) is 6.28. The lowest BCUT2D eigenvalue weighted by Gasteiger charge is -2.31. The summed E-state index contributed by atoms with van der Waals surface area (Å²) < 4.78 is 0. The number of piperidine rings is 1. The fourth-order valence-electron chi connectivity index (χ4n) is 2.59. The van der Waals surface area contributed by atoms with Gasteiger partial charge in [0.15, 0.2) is 5.96 Å². The van der Waals surface area contributed by atoms with Crippen LogP contribution in [0, 0.1) is 17.3 Å². The van der Waals surface area contributed by atoms with Crippen molar-refractivity contribution in [3.8, 4) is 0 Å². The van der Waals surface area contributed by atoms with Crippen LogP contribution in [0.15, 0.2) is 4.99 Å². The van der Waals surface area contributed by atoms with Crippen molar-refractivity contribution in [1.29, 1.82) is 0 Å². The number of guanidine groups is 1. The highest BCUT2D eigenvalue weighted by atomic mass is 127. The van der Waals surface area contributed by atoms with Crippen molar-refractivity contribution < 1.29 is 0 Å². The molecule has 2 rings (SSSR count). The summed E-state index contributed by atoms with van der Waals surface area (Å²) in [5.41, 5.74) is 6.56. The van der Waals surface area contributed by atoms with Crippen LogP contribution >= 0.6 is 24.0 Å². The first kappa shape index (κ1) is 15.1. The lowest BCUT2D eigenvalue weighted by Crippen LogP contribution is -2.43. The van der Waals surface area contributed by atoms with Crippen molar-refractivity contribution >= 4 is 29.9 Å². The first-order chi connectivity index (χ1) is 7.49. The largest absolute Gasteiger partial charge is 0.370 e. The average molecular weight is 351 g/mol. The third kappa shape index (κ3) is 4.00. The Morgan fingerprint density at radius 2 is 2.12 bits per heavy atom. The fraction of sp³-hybridized carbons (Fsp3) is 0.923. The Hall–Kier alpha value is 0. The highest BCUT2D eigenvalue weighted by molar-refractivity contribution is 14.0. The van der Waals surface area contributed by atoms with Crippen molar-refractivity contribution in [2.24, 2.45) is 28.0 Å². The molecule has 0 aromatic heterocycles. The van der Waals surface area contributed by atoms with Crippen LogP contribution < -0.4 is 5.73 Å². The predicted octanol–water partition coefficient (Wildman–Crippen LogP) is 2.70. The van der Waals surface area contributed by atoms with Gasteiger partial charge in [0.1, 0.15) is 0 Å². The van der Waals surface area contributed by atoms with Crippen molar-refractivity contribution in [1.82, 2.24) is 4.90 Å². The molecule has 0 amide bonds. The summed E-state index contributed by atoms with van der Waals surface area (Å²) in [6.07, 6.45) is 3.89. The molecule has 0 aromatic carbocycles. The van der Waals surface area contributed by atoms with Gasteiger partial charge in [0, 0.05) is 19.6 Å². The van der Waals surface area contributed by atoms with Crippen LogP contribution in [-0.4, -0.2) is 30.5 Å². The second-order valence-electron chi connectivity index (χ2n) is 6.28. The molecule has 17 heavy (non-hydrogen) atoms. The van der Waals surface area contributed by atoms with Crippen LogP contribution in [0.5, 0.6) is 0 Å². The van der Waals surface area contributed by atoms with Gasteiger partial charge in [0.2, 0.25) is 0 Å². The number of nitrogens with zero attached hydrogens (tertiary/aromatic N) is 2. The summed E-state index contributed by atoms with van der Waals surface area (Å²) in [4.78, 5) is 6.81. The van der Waals surface area contributed by atoms with Crippen molar-refractivity contribution in [3.05, 3.63) is 0 Å². The molecule has 2 N–H and O–H groups in total. The molecule has 2 atom stereocenters. The van der Waals surface area contributed by atoms with Crippen LogP contribution in [0.2, 0.25) is 0 Å². The molecule has 2 fully saturated rings. The zero-order valence-electron chi connectivity index (χ0n) is 11.3. The number of halogens is 1. The maximum Gasteiger partial charge on any atom is 0.191 e. The zero-order valence-corrected chi connectivity index (χ0v) is 13.6. The van der Waals surface area contributed by atoms with E-state index in [4.69, 9.17) is 5.73 Å². The minimum atomic E-state index is 0. The molecule has 4 heteroatoms. The molecule has 2 aliphatic rings. The summed E-state index contributed by atoms with van der Waals surface area (Å²) in [6.45, 7) is 10.0. The van der Waals surface area contributed by atoms with E-state index >= 15 is 0 Å². The van der Waals surface area contributed by atoms with Crippen LogP contribution in [0.25, 0.3) is 0 Å². The van der Waals surface area contributed by atoms with E-state index in [1.54, 1.807) is 0 Å². The van der Waals surface area contributed by atoms with Crippen molar-refractivity contribution in [2.75, 3.05) is 19.6 Å². The van der Waals surface area contributed by atoms with Gasteiger partial charge in [-0.3, -0.25) is 4.99 Å². The van der Waals surface area contributed by atoms with E-state index in [0.717, 1.165) is 37.4 Å². The zero-order chi connectivity index (χ0) is 11.8. The monoisotopic (exact) mass is 351 g/mol. The number of aliphatic imine (C=N–C) groups is 1. The van der Waals surface area contributed by atoms with Gasteiger partial charge < -0.3 is 10.6 Å². The molecule has 3 nitrogen and oxygen atoms in total. The number of likely N-dealkylation sites (tertiary alicyclic amines) is 1. The Labute approximate surface area is 122 Å². The Morgan fingerprint density at radius 1 is 1.47 bits per heavy atom. The number of rotatable bonds is 2. The van der Waals surface area contributed by atoms with Gasteiger partial charge in [-0.1, -0.05) is 20.8 Å². The maximum absolute atomic E-state index is 6.05. The van der Waals surface area contributed by atoms with Gasteiger partial charge >= 0.3 is 0 Å². The van der Waals surface area contributed by atoms with E-state index in [-0.39, 0.29) is 24.0 Å². The first-order valence-electron chi connectivity index (χ1n) is 6.54. The topological polar surface area (TPSA) is 41.6 Å². The van der Waals surface area contributed by atoms with Gasteiger partial charge in [0.05, 0.1) is 0 Å². The van der Waals surface area contributed by atoms with Gasteiger partial charge in [-0.2, -0.15) is 0 Å². The Bertz CT molecular complexity index is 288. The summed E-state index contributed by atoms with van der Waals surface area (Å²) in [7, 11) is 0. The van der Waals surface area contributed by atoms with Crippen LogP contribution in [-0.2, 0) is 0 Å². The Balaban J connectivity index is 0.00000144. The predicted molar refractivity (Wildman–Crippen MR) is 83.8 cm³/mol. The molecular formula is C13H26IN3. The smallest absolute Gasteiger partial charge is 0.191 e. The Morgan fingerprint density at radius 3 is 2.65 bits per heavy atom. The third-order valence-electron chi connectivity index (χ3n) is 4.17. The highest BCUT2D eigenvalue weighted by Gasteiger charge is 2.45. The molecule has 100 valence electrons. The summed E-state index contributed by atoms with van der Waals surface area (Å²) in [5.74, 6) is 2.29. The molecule has 1 saturated heterocycles. The molecule has 0 aromatic rings. The second kappa shape index (κ2) is 5.76. The molecular weight excluding hydrogens is 325 g/mol. The first-order valence-corrected chi connectivity index (χ1v) is 6.54. The highest BCUT2D eigenvalue weighted by Crippen LogP contribution is 2.51. The van der Waals surface area contributed by atoms with Crippen molar-refractivity contribution in [3.63, 3.8) is 0 Å². The van der Waals surface area contributed by atoms with Crippen LogP contribution in [0.4, 0.5) is 0 Å². The summed E-state index contributed by atoms with van der Waals surface area (Å²) in [5, 5.41) is 0. The SMILES string of the molecule is CC1CCCN(C(N)=NCC2CC2(C)C)C1.I. The van der Waals surface area contributed by atoms with E-state index in [1.807, 2.05) is 0 Å². The molecule has 1 aliphatic carbocycles. The van der Waals surface area contributed by atoms with Gasteiger partial charge in [-0.05, 0) is 36.5 Å². The van der Waals surface area contributed by atoms with E-state index in [2.05, 4.69) is 30.7 Å². The molecule has 1 aliphatic heterocycles. The molecule has 1 heterocycles. The number of hydrogen-bond acceptors (Lipinski definition) is 1. The van der Waals surface area contributed by atoms with E-state index in [9.17, 15) is 0 Å². The lowest BCUT2D eigenvalue weighted by atomic mass is 10.0. The van der Waals surface area contributed by atoms with E-state index < -0.39 is 0 Å². The van der Waals surface area contributed by atoms with E-state index in [1.165, 1.54) is 19.3 Å². The van der Waals surface area contributed by atoms with Crippen LogP contribution in [0.1, 0.15) is 40.0 Å². The minimum Gasteiger partial charge on any atom is -0.370 e. The third-order valence-corrected chi connectivity index (χ3v) is 4.17. The number of nitrogens with two attached hydrogens (primary N) is 1. The quantitative estimate of drug-likeness (QED) is 0.472. The fourth-order valence-corrected chi connectivity index (χ4v) is 2.59. The molecule has 0 bridgehead atoms. The summed E-state index contributed by atoms with van der Waals surface area (Å²) in [6, 6.07) is 0. The Kier molecular flexibility index (Phi) is 5.10. The molecule has 2 unspecified atom stereocenters. The molecule has 0 radical (unpaired) electrons. The van der Waals surface area contributed by atoms with Gasteiger partial charge in [-0.25, -0.2) is 0 Å². The lowest BCUT2D eigenvalue weighted by molar-refractivity contribution is 0.270. The minimum absolute atomic E-state index is 0. The number of hydrogen-bond donors (Lipinski definition) is 1. The standard InChI is InChI=1S/C13H25N3.HI/c1-10-5-4-6-16(9-10)12(14)15-8-11-7-13(11,2)3;/h10-11H,4-9H2,1-3H3,(H2,14,15);1H. The molecule has 0 spiro atoms.